The van der Waals surface area contributed by atoms with Crippen LogP contribution in [0.15, 0.2) is 33.7 Å². The molecule has 1 aliphatic carbocycles. The van der Waals surface area contributed by atoms with Gasteiger partial charge in [-0.1, -0.05) is 48.0 Å². The third kappa shape index (κ3) is 2.58. The van der Waals surface area contributed by atoms with Crippen LogP contribution in [0.25, 0.3) is 0 Å². The molecule has 1 heterocycles. The van der Waals surface area contributed by atoms with Crippen LogP contribution in [0.1, 0.15) is 44.9 Å². The lowest BCUT2D eigenvalue weighted by Crippen LogP contribution is -2.52. The summed E-state index contributed by atoms with van der Waals surface area (Å²) in [5, 5.41) is 0. The highest BCUT2D eigenvalue weighted by Crippen LogP contribution is 2.38. The van der Waals surface area contributed by atoms with Crippen LogP contribution < -0.4 is 10.6 Å². The summed E-state index contributed by atoms with van der Waals surface area (Å²) >= 11 is 3.50. The van der Waals surface area contributed by atoms with Gasteiger partial charge in [-0.25, -0.2) is 0 Å². The van der Waals surface area contributed by atoms with Crippen LogP contribution in [-0.2, 0) is 0 Å². The fourth-order valence-electron chi connectivity index (χ4n) is 3.55. The Kier molecular flexibility index (Phi) is 4.01. The highest BCUT2D eigenvalue weighted by molar-refractivity contribution is 9.10. The van der Waals surface area contributed by atoms with Gasteiger partial charge >= 0.3 is 0 Å². The minimum Gasteiger partial charge on any atom is -0.369 e. The molecule has 0 saturated heterocycles. The van der Waals surface area contributed by atoms with E-state index in [1.54, 1.807) is 0 Å². The molecule has 0 amide bonds. The van der Waals surface area contributed by atoms with Crippen LogP contribution in [0.3, 0.4) is 0 Å². The van der Waals surface area contributed by atoms with E-state index in [2.05, 4.69) is 50.1 Å². The van der Waals surface area contributed by atoms with Crippen LogP contribution in [0.5, 0.6) is 0 Å². The molecule has 0 aromatic heterocycles. The maximum Gasteiger partial charge on any atom is 0.196 e. The van der Waals surface area contributed by atoms with Crippen molar-refractivity contribution < 1.29 is 0 Å². The smallest absolute Gasteiger partial charge is 0.196 e. The number of halogens is 1. The van der Waals surface area contributed by atoms with E-state index in [4.69, 9.17) is 5.73 Å². The van der Waals surface area contributed by atoms with Crippen molar-refractivity contribution in [1.82, 2.24) is 0 Å². The van der Waals surface area contributed by atoms with Gasteiger partial charge in [-0.05, 0) is 37.1 Å². The van der Waals surface area contributed by atoms with Gasteiger partial charge in [-0.3, -0.25) is 4.99 Å². The van der Waals surface area contributed by atoms with Crippen molar-refractivity contribution in [2.75, 3.05) is 11.4 Å². The Morgan fingerprint density at radius 1 is 1.00 bits per heavy atom. The molecule has 1 aliphatic heterocycles. The number of benzene rings is 1. The Morgan fingerprint density at radius 2 is 1.60 bits per heavy atom. The summed E-state index contributed by atoms with van der Waals surface area (Å²) in [4.78, 5) is 6.87. The maximum absolute atomic E-state index is 6.21. The second-order valence-electron chi connectivity index (χ2n) is 5.98. The number of nitrogens with two attached hydrogens (primary N) is 1. The zero-order chi connectivity index (χ0) is 14.0. The molecule has 1 spiro atoms. The van der Waals surface area contributed by atoms with Crippen molar-refractivity contribution in [2.45, 2.75) is 50.5 Å². The van der Waals surface area contributed by atoms with Gasteiger partial charge in [0.2, 0.25) is 0 Å². The molecule has 3 rings (SSSR count). The van der Waals surface area contributed by atoms with E-state index >= 15 is 0 Å². The molecule has 0 radical (unpaired) electrons. The zero-order valence-electron chi connectivity index (χ0n) is 11.8. The summed E-state index contributed by atoms with van der Waals surface area (Å²) in [6.45, 7) is 0.856. The molecule has 1 fully saturated rings. The lowest BCUT2D eigenvalue weighted by atomic mass is 9.83. The number of hydrogen-bond donors (Lipinski definition) is 1. The monoisotopic (exact) mass is 335 g/mol. The predicted molar refractivity (Wildman–Crippen MR) is 88.2 cm³/mol. The summed E-state index contributed by atoms with van der Waals surface area (Å²) in [6.07, 6.45) is 9.04. The van der Waals surface area contributed by atoms with Gasteiger partial charge in [0, 0.05) is 10.2 Å². The average Bonchev–Trinajstić information content (AvgIpc) is 2.74. The lowest BCUT2D eigenvalue weighted by molar-refractivity contribution is 0.337. The number of aliphatic imine (C=N–C) groups is 1. The van der Waals surface area contributed by atoms with E-state index in [0.717, 1.165) is 11.0 Å². The van der Waals surface area contributed by atoms with Crippen LogP contribution in [0.4, 0.5) is 5.69 Å². The molecule has 0 bridgehead atoms. The molecule has 4 heteroatoms. The molecule has 20 heavy (non-hydrogen) atoms. The summed E-state index contributed by atoms with van der Waals surface area (Å²) in [5.41, 5.74) is 7.51. The molecule has 2 N–H and O–H groups in total. The summed E-state index contributed by atoms with van der Waals surface area (Å²) in [6, 6.07) is 8.44. The van der Waals surface area contributed by atoms with E-state index in [-0.39, 0.29) is 5.54 Å². The highest BCUT2D eigenvalue weighted by atomic mass is 79.9. The van der Waals surface area contributed by atoms with Crippen molar-refractivity contribution in [3.05, 3.63) is 28.7 Å². The fourth-order valence-corrected chi connectivity index (χ4v) is 3.82. The van der Waals surface area contributed by atoms with Crippen LogP contribution in [-0.4, -0.2) is 18.0 Å². The van der Waals surface area contributed by atoms with Gasteiger partial charge in [-0.15, -0.1) is 0 Å². The van der Waals surface area contributed by atoms with Crippen molar-refractivity contribution in [2.24, 2.45) is 10.7 Å². The third-order valence-electron chi connectivity index (χ3n) is 4.61. The Bertz CT molecular complexity index is 487. The largest absolute Gasteiger partial charge is 0.369 e. The number of guanidine groups is 1. The number of hydrogen-bond acceptors (Lipinski definition) is 3. The molecular formula is C16H22BrN3. The van der Waals surface area contributed by atoms with Crippen LogP contribution in [0.2, 0.25) is 0 Å². The first kappa shape index (κ1) is 13.9. The predicted octanol–water partition coefficient (Wildman–Crippen LogP) is 4.07. The quantitative estimate of drug-likeness (QED) is 0.840. The van der Waals surface area contributed by atoms with Crippen molar-refractivity contribution in [1.29, 1.82) is 0 Å². The summed E-state index contributed by atoms with van der Waals surface area (Å²) in [5.74, 6) is 0.688. The molecule has 1 aromatic rings. The van der Waals surface area contributed by atoms with Crippen LogP contribution in [0, 0.1) is 0 Å². The van der Waals surface area contributed by atoms with Crippen molar-refractivity contribution in [3.8, 4) is 0 Å². The van der Waals surface area contributed by atoms with Gasteiger partial charge in [-0.2, -0.15) is 0 Å². The number of rotatable bonds is 1. The molecule has 2 aliphatic rings. The first-order valence-electron chi connectivity index (χ1n) is 7.57. The molecule has 3 nitrogen and oxygen atoms in total. The Labute approximate surface area is 129 Å². The average molecular weight is 336 g/mol. The minimum absolute atomic E-state index is 0.123. The van der Waals surface area contributed by atoms with Gasteiger partial charge in [0.15, 0.2) is 5.96 Å². The van der Waals surface area contributed by atoms with E-state index in [0.29, 0.717) is 5.96 Å². The molecule has 108 valence electrons. The van der Waals surface area contributed by atoms with Gasteiger partial charge < -0.3 is 10.6 Å². The summed E-state index contributed by atoms with van der Waals surface area (Å²) in [7, 11) is 0. The maximum atomic E-state index is 6.21. The van der Waals surface area contributed by atoms with E-state index in [1.807, 2.05) is 0 Å². The minimum atomic E-state index is 0.123. The third-order valence-corrected chi connectivity index (χ3v) is 5.14. The Morgan fingerprint density at radius 3 is 2.25 bits per heavy atom. The molecule has 1 aromatic carbocycles. The highest BCUT2D eigenvalue weighted by Gasteiger charge is 2.42. The fraction of sp³-hybridized carbons (Fsp3) is 0.562. The van der Waals surface area contributed by atoms with Gasteiger partial charge in [0.1, 0.15) is 0 Å². The normalized spacial score (nSPS) is 22.4. The zero-order valence-corrected chi connectivity index (χ0v) is 13.4. The number of nitrogens with zero attached hydrogens (tertiary/aromatic N) is 2. The SMILES string of the molecule is NC1=NCC2(CCCCCCC2)N1c1ccc(Br)cc1. The van der Waals surface area contributed by atoms with Crippen LogP contribution >= 0.6 is 15.9 Å². The van der Waals surface area contributed by atoms with Gasteiger partial charge in [0.25, 0.3) is 0 Å². The topological polar surface area (TPSA) is 41.6 Å². The second-order valence-corrected chi connectivity index (χ2v) is 6.89. The second kappa shape index (κ2) is 5.76. The van der Waals surface area contributed by atoms with Crippen molar-refractivity contribution in [3.63, 3.8) is 0 Å². The van der Waals surface area contributed by atoms with Gasteiger partial charge in [0.05, 0.1) is 12.1 Å². The standard InChI is InChI=1S/C16H22BrN3/c17-13-6-8-14(9-7-13)20-15(18)19-12-16(20)10-4-2-1-3-5-11-16/h6-9H,1-5,10-12H2,(H2,18,19). The van der Waals surface area contributed by atoms with E-state index in [9.17, 15) is 0 Å². The summed E-state index contributed by atoms with van der Waals surface area (Å²) < 4.78 is 1.10. The molecule has 1 saturated carbocycles. The van der Waals surface area contributed by atoms with E-state index < -0.39 is 0 Å². The number of anilines is 1. The van der Waals surface area contributed by atoms with E-state index in [1.165, 1.54) is 50.6 Å². The lowest BCUT2D eigenvalue weighted by Gasteiger charge is -2.40. The first-order chi connectivity index (χ1) is 9.71. The molecule has 0 atom stereocenters. The Hall–Kier alpha value is -1.03. The van der Waals surface area contributed by atoms with Crippen molar-refractivity contribution >= 4 is 27.6 Å². The molecular weight excluding hydrogens is 314 g/mol. The first-order valence-corrected chi connectivity index (χ1v) is 8.36. The Balaban J connectivity index is 1.91. The molecule has 0 unspecified atom stereocenters.